The lowest BCUT2D eigenvalue weighted by Crippen LogP contribution is -2.42. The van der Waals surface area contributed by atoms with Crippen LogP contribution in [0.25, 0.3) is 44.3 Å². The van der Waals surface area contributed by atoms with Gasteiger partial charge in [-0.25, -0.2) is 9.97 Å². The Morgan fingerprint density at radius 2 is 0.933 bits per heavy atom. The Kier molecular flexibility index (Phi) is 10.4. The van der Waals surface area contributed by atoms with Crippen LogP contribution in [0.1, 0.15) is 86.5 Å². The van der Waals surface area contributed by atoms with Crippen LogP contribution in [-0.2, 0) is 19.2 Å². The zero-order valence-electron chi connectivity index (χ0n) is 33.5. The Morgan fingerprint density at radius 1 is 0.550 bits per heavy atom. The van der Waals surface area contributed by atoms with Gasteiger partial charge in [0.05, 0.1) is 34.2 Å². The van der Waals surface area contributed by atoms with Gasteiger partial charge >= 0.3 is 0 Å². The van der Waals surface area contributed by atoms with Crippen molar-refractivity contribution in [2.45, 2.75) is 63.7 Å². The van der Waals surface area contributed by atoms with E-state index in [4.69, 9.17) is 9.97 Å². The number of carbonyl (C=O) groups is 4. The van der Waals surface area contributed by atoms with Crippen LogP contribution in [0.2, 0.25) is 0 Å². The van der Waals surface area contributed by atoms with Crippen molar-refractivity contribution >= 4 is 45.7 Å². The molecule has 2 saturated heterocycles. The van der Waals surface area contributed by atoms with E-state index < -0.39 is 12.1 Å². The lowest BCUT2D eigenvalue weighted by atomic mass is 10.00. The highest BCUT2D eigenvalue weighted by molar-refractivity contribution is 5.90. The number of nitrogens with one attached hydrogen (secondary N) is 4. The van der Waals surface area contributed by atoms with E-state index in [0.717, 1.165) is 92.8 Å². The lowest BCUT2D eigenvalue weighted by Gasteiger charge is -2.28. The van der Waals surface area contributed by atoms with Crippen molar-refractivity contribution in [3.8, 4) is 22.3 Å². The molecule has 4 atom stereocenters. The molecule has 12 heteroatoms. The number of likely N-dealkylation sites (tertiary alicyclic amines) is 2. The molecule has 2 aromatic heterocycles. The Bertz CT molecular complexity index is 2520. The minimum absolute atomic E-state index is 0.142. The summed E-state index contributed by atoms with van der Waals surface area (Å²) in [5, 5.41) is 5.72. The Hall–Kier alpha value is -7.08. The van der Waals surface area contributed by atoms with Crippen molar-refractivity contribution in [2.75, 3.05) is 13.1 Å². The molecule has 0 saturated carbocycles. The number of imidazole rings is 2. The molecule has 302 valence electrons. The molecule has 0 spiro atoms. The first-order chi connectivity index (χ1) is 29.2. The molecule has 0 aliphatic carbocycles. The maximum Gasteiger partial charge on any atom is 0.250 e. The topological polar surface area (TPSA) is 156 Å². The number of hydrogen-bond donors (Lipinski definition) is 4. The molecule has 4 heterocycles. The highest BCUT2D eigenvalue weighted by Crippen LogP contribution is 2.37. The fraction of sp³-hybridized carbons (Fsp3) is 0.250. The van der Waals surface area contributed by atoms with Crippen molar-refractivity contribution < 1.29 is 19.2 Å². The first kappa shape index (κ1) is 38.4. The van der Waals surface area contributed by atoms with Crippen molar-refractivity contribution in [2.24, 2.45) is 0 Å². The molecule has 2 fully saturated rings. The minimum atomic E-state index is -0.765. The number of aromatic nitrogens is 4. The maximum atomic E-state index is 13.9. The summed E-state index contributed by atoms with van der Waals surface area (Å²) < 4.78 is 0. The fourth-order valence-electron chi connectivity index (χ4n) is 8.82. The normalized spacial score (nSPS) is 17.5. The number of carbonyl (C=O) groups excluding carboxylic acids is 4. The van der Waals surface area contributed by atoms with Gasteiger partial charge in [0.15, 0.2) is 0 Å². The van der Waals surface area contributed by atoms with Crippen LogP contribution >= 0.6 is 0 Å². The molecule has 0 radical (unpaired) electrons. The van der Waals surface area contributed by atoms with Crippen LogP contribution in [-0.4, -0.2) is 66.5 Å². The van der Waals surface area contributed by atoms with Crippen LogP contribution in [0.3, 0.4) is 0 Å². The maximum absolute atomic E-state index is 13.9. The third kappa shape index (κ3) is 7.63. The van der Waals surface area contributed by atoms with Crippen LogP contribution in [0.15, 0.2) is 121 Å². The predicted octanol–water partition coefficient (Wildman–Crippen LogP) is 7.86. The molecule has 1 unspecified atom stereocenters. The van der Waals surface area contributed by atoms with Gasteiger partial charge in [-0.3, -0.25) is 19.2 Å². The third-order valence-electron chi connectivity index (χ3n) is 11.7. The second-order valence-corrected chi connectivity index (χ2v) is 15.8. The van der Waals surface area contributed by atoms with Gasteiger partial charge in [-0.2, -0.15) is 0 Å². The number of hydrogen-bond acceptors (Lipinski definition) is 6. The van der Waals surface area contributed by atoms with Crippen LogP contribution in [0, 0.1) is 0 Å². The van der Waals surface area contributed by atoms with E-state index in [-0.39, 0.29) is 35.7 Å². The largest absolute Gasteiger partial charge is 0.341 e. The monoisotopic (exact) mass is 798 g/mol. The highest BCUT2D eigenvalue weighted by Gasteiger charge is 2.38. The smallest absolute Gasteiger partial charge is 0.250 e. The van der Waals surface area contributed by atoms with E-state index in [9.17, 15) is 19.2 Å². The van der Waals surface area contributed by atoms with Gasteiger partial charge in [0, 0.05) is 26.9 Å². The molecule has 2 aliphatic heterocycles. The number of nitrogens with zero attached hydrogens (tertiary/aromatic N) is 4. The van der Waals surface area contributed by atoms with Crippen LogP contribution in [0.4, 0.5) is 0 Å². The second kappa shape index (κ2) is 16.3. The van der Waals surface area contributed by atoms with E-state index in [2.05, 4.69) is 69.1 Å². The molecule has 4 N–H and O–H groups in total. The summed E-state index contributed by atoms with van der Waals surface area (Å²) in [7, 11) is 0. The average Bonchev–Trinajstić information content (AvgIpc) is 4.10. The molecular weight excluding hydrogens is 753 g/mol. The summed E-state index contributed by atoms with van der Waals surface area (Å²) >= 11 is 0. The highest BCUT2D eigenvalue weighted by atomic mass is 16.2. The molecular formula is C48H46N8O4. The van der Waals surface area contributed by atoms with Crippen LogP contribution < -0.4 is 10.6 Å². The predicted molar refractivity (Wildman–Crippen MR) is 230 cm³/mol. The second-order valence-electron chi connectivity index (χ2n) is 15.8. The summed E-state index contributed by atoms with van der Waals surface area (Å²) in [4.78, 5) is 72.7. The molecule has 2 aliphatic rings. The molecule has 5 aromatic carbocycles. The fourth-order valence-corrected chi connectivity index (χ4v) is 8.82. The van der Waals surface area contributed by atoms with Crippen molar-refractivity contribution in [1.29, 1.82) is 0 Å². The van der Waals surface area contributed by atoms with Gasteiger partial charge in [0.1, 0.15) is 23.7 Å². The summed E-state index contributed by atoms with van der Waals surface area (Å²) in [6.45, 7) is 4.04. The molecule has 12 nitrogen and oxygen atoms in total. The molecule has 4 amide bonds. The third-order valence-corrected chi connectivity index (χ3v) is 11.7. The average molecular weight is 799 g/mol. The summed E-state index contributed by atoms with van der Waals surface area (Å²) in [6, 6.07) is 37.5. The van der Waals surface area contributed by atoms with Gasteiger partial charge in [-0.1, -0.05) is 97.1 Å². The summed E-state index contributed by atoms with van der Waals surface area (Å²) in [6.07, 6.45) is 3.25. The summed E-state index contributed by atoms with van der Waals surface area (Å²) in [5.74, 6) is 0.680. The Morgan fingerprint density at radius 3 is 1.32 bits per heavy atom. The SMILES string of the molecule is CC(=O)N[C@H](C(=O)N1CCCC1c1nc2ccc(-c3ccc(-c4ccc5nc([C@@H]6CCCN6C(=O)[C@H](NC(C)=O)c6ccccc6)[nH]c5c4)cc3)cc2[nH]1)c1ccccc1. The van der Waals surface area contributed by atoms with Crippen molar-refractivity contribution in [3.05, 3.63) is 144 Å². The first-order valence-corrected chi connectivity index (χ1v) is 20.6. The van der Waals surface area contributed by atoms with E-state index >= 15 is 0 Å². The van der Waals surface area contributed by atoms with E-state index in [0.29, 0.717) is 13.1 Å². The Labute approximate surface area is 347 Å². The molecule has 7 aromatic rings. The lowest BCUT2D eigenvalue weighted by molar-refractivity contribution is -0.137. The quantitative estimate of drug-likeness (QED) is 0.110. The van der Waals surface area contributed by atoms with Gasteiger partial charge in [-0.05, 0) is 83.3 Å². The Balaban J connectivity index is 0.913. The molecule has 60 heavy (non-hydrogen) atoms. The zero-order valence-corrected chi connectivity index (χ0v) is 33.5. The first-order valence-electron chi connectivity index (χ1n) is 20.6. The van der Waals surface area contributed by atoms with Crippen LogP contribution in [0.5, 0.6) is 0 Å². The van der Waals surface area contributed by atoms with E-state index in [1.165, 1.54) is 13.8 Å². The number of fused-ring (bicyclic) bond motifs is 2. The van der Waals surface area contributed by atoms with E-state index in [1.54, 1.807) is 0 Å². The standard InChI is InChI=1S/C48H46N8O4/c1-29(57)49-43(33-11-5-3-6-12-33)47(59)55-25-9-15-41(55)45-51-37-23-21-35(27-39(37)53-45)31-17-19-32(20-18-31)36-22-24-38-40(28-36)54-46(52-38)42-16-10-26-56(42)48(60)44(50-30(2)58)34-13-7-4-8-14-34/h3-8,11-14,17-24,27-28,41-44H,9-10,15-16,25-26H2,1-2H3,(H,49,57)(H,50,58)(H,51,53)(H,52,54)/t41-,42?,43+,44-/m0/s1. The number of amides is 4. The molecule has 0 bridgehead atoms. The minimum Gasteiger partial charge on any atom is -0.341 e. The van der Waals surface area contributed by atoms with E-state index in [1.807, 2.05) is 82.6 Å². The van der Waals surface area contributed by atoms with Gasteiger partial charge < -0.3 is 30.4 Å². The van der Waals surface area contributed by atoms with Crippen molar-refractivity contribution in [1.82, 2.24) is 40.4 Å². The zero-order chi connectivity index (χ0) is 41.3. The van der Waals surface area contributed by atoms with Gasteiger partial charge in [0.2, 0.25) is 23.6 Å². The number of benzene rings is 5. The number of rotatable bonds is 10. The molecule has 9 rings (SSSR count). The van der Waals surface area contributed by atoms with Gasteiger partial charge in [-0.15, -0.1) is 0 Å². The number of aromatic amines is 2. The van der Waals surface area contributed by atoms with Crippen molar-refractivity contribution in [3.63, 3.8) is 0 Å². The number of H-pyrrole nitrogens is 2. The van der Waals surface area contributed by atoms with Gasteiger partial charge in [0.25, 0.3) is 0 Å². The summed E-state index contributed by atoms with van der Waals surface area (Å²) in [5.41, 5.74) is 9.12.